The standard InChI is InChI=1S/C28H29ClN4O4S/c1-18-13-19(2)31-27(30-18)38-16-25(34)33(15-20-5-7-21(29)8-6-20)28(11-3-4-12-28)26(35)32-22-9-10-23-24(14-22)37-17-36-23/h5-10,13-14H,3-4,11-12,15-17H2,1-2H3,(H,32,35). The second-order valence-corrected chi connectivity index (χ2v) is 11.0. The van der Waals surface area contributed by atoms with Crippen molar-refractivity contribution in [3.05, 3.63) is 70.5 Å². The first-order valence-corrected chi connectivity index (χ1v) is 13.9. The summed E-state index contributed by atoms with van der Waals surface area (Å²) in [7, 11) is 0. The molecule has 0 bridgehead atoms. The van der Waals surface area contributed by atoms with Gasteiger partial charge >= 0.3 is 0 Å². The summed E-state index contributed by atoms with van der Waals surface area (Å²) in [6, 6.07) is 14.6. The number of amides is 2. The van der Waals surface area contributed by atoms with Crippen molar-refractivity contribution >= 4 is 40.9 Å². The normalized spacial score (nSPS) is 15.3. The van der Waals surface area contributed by atoms with Crippen molar-refractivity contribution in [2.75, 3.05) is 17.9 Å². The Labute approximate surface area is 231 Å². The molecule has 8 nitrogen and oxygen atoms in total. The molecule has 1 aliphatic heterocycles. The molecule has 0 unspecified atom stereocenters. The second-order valence-electron chi connectivity index (χ2n) is 9.59. The van der Waals surface area contributed by atoms with Gasteiger partial charge in [-0.15, -0.1) is 0 Å². The zero-order valence-corrected chi connectivity index (χ0v) is 22.9. The van der Waals surface area contributed by atoms with Crippen LogP contribution in [0.15, 0.2) is 53.7 Å². The number of benzene rings is 2. The molecule has 1 aromatic heterocycles. The summed E-state index contributed by atoms with van der Waals surface area (Å²) in [5.41, 5.74) is 2.21. The topological polar surface area (TPSA) is 93.7 Å². The van der Waals surface area contributed by atoms with Crippen LogP contribution in [0.2, 0.25) is 5.02 Å². The maximum atomic E-state index is 14.0. The number of thioether (sulfide) groups is 1. The molecule has 5 rings (SSSR count). The smallest absolute Gasteiger partial charge is 0.250 e. The molecule has 2 amide bonds. The van der Waals surface area contributed by atoms with Crippen LogP contribution in [0.25, 0.3) is 0 Å². The van der Waals surface area contributed by atoms with E-state index in [9.17, 15) is 9.59 Å². The zero-order valence-electron chi connectivity index (χ0n) is 21.3. The van der Waals surface area contributed by atoms with Crippen LogP contribution < -0.4 is 14.8 Å². The maximum Gasteiger partial charge on any atom is 0.250 e. The number of rotatable bonds is 8. The fraction of sp³-hybridized carbons (Fsp3) is 0.357. The van der Waals surface area contributed by atoms with E-state index in [0.717, 1.165) is 29.8 Å². The Morgan fingerprint density at radius 2 is 1.68 bits per heavy atom. The summed E-state index contributed by atoms with van der Waals surface area (Å²) >= 11 is 7.40. The van der Waals surface area contributed by atoms with Gasteiger partial charge in [-0.05, 0) is 62.6 Å². The number of aryl methyl sites for hydroxylation is 2. The third kappa shape index (κ3) is 5.73. The maximum absolute atomic E-state index is 14.0. The second kappa shape index (κ2) is 11.2. The van der Waals surface area contributed by atoms with Crippen molar-refractivity contribution in [1.29, 1.82) is 0 Å². The van der Waals surface area contributed by atoms with E-state index in [1.54, 1.807) is 35.2 Å². The lowest BCUT2D eigenvalue weighted by atomic mass is 9.92. The molecule has 3 aromatic rings. The first kappa shape index (κ1) is 26.3. The first-order chi connectivity index (χ1) is 18.3. The molecule has 10 heteroatoms. The monoisotopic (exact) mass is 552 g/mol. The highest BCUT2D eigenvalue weighted by molar-refractivity contribution is 7.99. The Kier molecular flexibility index (Phi) is 7.76. The van der Waals surface area contributed by atoms with Gasteiger partial charge in [0, 0.05) is 34.7 Å². The van der Waals surface area contributed by atoms with Crippen molar-refractivity contribution in [2.45, 2.75) is 56.8 Å². The highest BCUT2D eigenvalue weighted by Crippen LogP contribution is 2.40. The molecule has 2 aromatic carbocycles. The van der Waals surface area contributed by atoms with Gasteiger partial charge in [-0.3, -0.25) is 9.59 Å². The molecule has 198 valence electrons. The molecule has 2 heterocycles. The Bertz CT molecular complexity index is 1320. The number of halogens is 1. The van der Waals surface area contributed by atoms with Crippen LogP contribution in [-0.2, 0) is 16.1 Å². The number of nitrogens with one attached hydrogen (secondary N) is 1. The molecule has 1 fully saturated rings. The molecule has 1 aliphatic carbocycles. The van der Waals surface area contributed by atoms with Gasteiger partial charge in [0.25, 0.3) is 0 Å². The van der Waals surface area contributed by atoms with E-state index in [4.69, 9.17) is 21.1 Å². The number of hydrogen-bond donors (Lipinski definition) is 1. The van der Waals surface area contributed by atoms with Gasteiger partial charge in [0.15, 0.2) is 16.7 Å². The van der Waals surface area contributed by atoms with Gasteiger partial charge in [-0.1, -0.05) is 48.3 Å². The molecule has 0 atom stereocenters. The molecule has 0 spiro atoms. The van der Waals surface area contributed by atoms with Crippen molar-refractivity contribution in [2.24, 2.45) is 0 Å². The van der Waals surface area contributed by atoms with Crippen LogP contribution in [0, 0.1) is 13.8 Å². The van der Waals surface area contributed by atoms with E-state index >= 15 is 0 Å². The van der Waals surface area contributed by atoms with Crippen molar-refractivity contribution in [1.82, 2.24) is 14.9 Å². The average Bonchev–Trinajstić information content (AvgIpc) is 3.57. The molecule has 2 aliphatic rings. The minimum Gasteiger partial charge on any atom is -0.454 e. The predicted octanol–water partition coefficient (Wildman–Crippen LogP) is 5.55. The lowest BCUT2D eigenvalue weighted by molar-refractivity contribution is -0.144. The molecule has 1 saturated carbocycles. The number of anilines is 1. The summed E-state index contributed by atoms with van der Waals surface area (Å²) in [6.07, 6.45) is 2.86. The van der Waals surface area contributed by atoms with Gasteiger partial charge in [-0.2, -0.15) is 0 Å². The summed E-state index contributed by atoms with van der Waals surface area (Å²) in [5, 5.41) is 4.22. The highest BCUT2D eigenvalue weighted by Gasteiger charge is 2.48. The molecule has 1 N–H and O–H groups in total. The van der Waals surface area contributed by atoms with Crippen LogP contribution in [0.3, 0.4) is 0 Å². The van der Waals surface area contributed by atoms with Crippen LogP contribution in [0.1, 0.15) is 42.6 Å². The van der Waals surface area contributed by atoms with E-state index in [1.165, 1.54) is 11.8 Å². The number of ether oxygens (including phenoxy) is 2. The average molecular weight is 553 g/mol. The quantitative estimate of drug-likeness (QED) is 0.289. The molecular weight excluding hydrogens is 524 g/mol. The van der Waals surface area contributed by atoms with Gasteiger partial charge in [0.2, 0.25) is 18.6 Å². The first-order valence-electron chi connectivity index (χ1n) is 12.5. The summed E-state index contributed by atoms with van der Waals surface area (Å²) < 4.78 is 10.9. The largest absolute Gasteiger partial charge is 0.454 e. The summed E-state index contributed by atoms with van der Waals surface area (Å²) in [6.45, 7) is 4.25. The molecule has 38 heavy (non-hydrogen) atoms. The molecule has 0 radical (unpaired) electrons. The minimum absolute atomic E-state index is 0.121. The number of carbonyl (C=O) groups is 2. The number of hydrogen-bond acceptors (Lipinski definition) is 7. The minimum atomic E-state index is -0.989. The van der Waals surface area contributed by atoms with Crippen molar-refractivity contribution in [3.63, 3.8) is 0 Å². The third-order valence-corrected chi connectivity index (χ3v) is 7.93. The lowest BCUT2D eigenvalue weighted by Gasteiger charge is -2.40. The highest BCUT2D eigenvalue weighted by atomic mass is 35.5. The van der Waals surface area contributed by atoms with Crippen molar-refractivity contribution < 1.29 is 19.1 Å². The summed E-state index contributed by atoms with van der Waals surface area (Å²) in [5.74, 6) is 1.00. The van der Waals surface area contributed by atoms with Crippen LogP contribution >= 0.6 is 23.4 Å². The molecular formula is C28H29ClN4O4S. The number of nitrogens with zero attached hydrogens (tertiary/aromatic N) is 3. The lowest BCUT2D eigenvalue weighted by Crippen LogP contribution is -2.57. The number of aromatic nitrogens is 2. The molecule has 0 saturated heterocycles. The van der Waals surface area contributed by atoms with Gasteiger partial charge in [0.1, 0.15) is 5.54 Å². The van der Waals surface area contributed by atoms with E-state index < -0.39 is 5.54 Å². The van der Waals surface area contributed by atoms with Crippen molar-refractivity contribution in [3.8, 4) is 11.5 Å². The number of fused-ring (bicyclic) bond motifs is 1. The van der Waals surface area contributed by atoms with E-state index in [1.807, 2.05) is 32.0 Å². The Morgan fingerprint density at radius 3 is 2.39 bits per heavy atom. The van der Waals surface area contributed by atoms with Gasteiger partial charge in [-0.25, -0.2) is 9.97 Å². The van der Waals surface area contributed by atoms with Crippen LogP contribution in [-0.4, -0.2) is 44.8 Å². The predicted molar refractivity (Wildman–Crippen MR) is 147 cm³/mol. The Morgan fingerprint density at radius 1 is 1.00 bits per heavy atom. The SMILES string of the molecule is Cc1cc(C)nc(SCC(=O)N(Cc2ccc(Cl)cc2)C2(C(=O)Nc3ccc4c(c3)OCO4)CCCC2)n1. The van der Waals surface area contributed by atoms with E-state index in [0.29, 0.717) is 46.8 Å². The van der Waals surface area contributed by atoms with Gasteiger partial charge < -0.3 is 19.7 Å². The van der Waals surface area contributed by atoms with Crippen LogP contribution in [0.5, 0.6) is 11.5 Å². The Balaban J connectivity index is 1.42. The van der Waals surface area contributed by atoms with Crippen LogP contribution in [0.4, 0.5) is 5.69 Å². The fourth-order valence-corrected chi connectivity index (χ4v) is 5.97. The third-order valence-electron chi connectivity index (χ3n) is 6.84. The van der Waals surface area contributed by atoms with E-state index in [2.05, 4.69) is 15.3 Å². The zero-order chi connectivity index (χ0) is 26.7. The Hall–Kier alpha value is -3.30. The van der Waals surface area contributed by atoms with Gasteiger partial charge in [0.05, 0.1) is 5.75 Å². The fourth-order valence-electron chi connectivity index (χ4n) is 5.01. The summed E-state index contributed by atoms with van der Waals surface area (Å²) in [4.78, 5) is 38.5. The van der Waals surface area contributed by atoms with E-state index in [-0.39, 0.29) is 24.4 Å². The number of carbonyl (C=O) groups excluding carboxylic acids is 2.